The average molecular weight is 324 g/mol. The number of ether oxygens (including phenoxy) is 1. The number of para-hydroxylation sites is 1. The van der Waals surface area contributed by atoms with Gasteiger partial charge in [-0.2, -0.15) is 0 Å². The Balaban J connectivity index is 3.19. The normalized spacial score (nSPS) is 10.1. The SMILES string of the molecule is C=CCOC(=O)CN(C(=O)CCl)c1c(CC)cccc1CC. The van der Waals surface area contributed by atoms with Crippen LogP contribution in [0.4, 0.5) is 5.69 Å². The van der Waals surface area contributed by atoms with Gasteiger partial charge in [-0.3, -0.25) is 14.5 Å². The van der Waals surface area contributed by atoms with Crippen molar-refractivity contribution in [2.45, 2.75) is 26.7 Å². The first-order chi connectivity index (χ1) is 10.6. The summed E-state index contributed by atoms with van der Waals surface area (Å²) >= 11 is 5.72. The van der Waals surface area contributed by atoms with E-state index >= 15 is 0 Å². The van der Waals surface area contributed by atoms with Crippen molar-refractivity contribution in [1.29, 1.82) is 0 Å². The van der Waals surface area contributed by atoms with Crippen LogP contribution in [0.2, 0.25) is 0 Å². The van der Waals surface area contributed by atoms with Gasteiger partial charge in [0, 0.05) is 0 Å². The fourth-order valence-electron chi connectivity index (χ4n) is 2.25. The Hall–Kier alpha value is -1.81. The van der Waals surface area contributed by atoms with Crippen molar-refractivity contribution in [3.63, 3.8) is 0 Å². The summed E-state index contributed by atoms with van der Waals surface area (Å²) in [5.74, 6) is -0.977. The molecule has 0 spiro atoms. The maximum absolute atomic E-state index is 12.2. The van der Waals surface area contributed by atoms with Crippen molar-refractivity contribution < 1.29 is 14.3 Å². The van der Waals surface area contributed by atoms with Gasteiger partial charge in [-0.25, -0.2) is 0 Å². The van der Waals surface area contributed by atoms with Crippen LogP contribution in [-0.4, -0.2) is 30.9 Å². The highest BCUT2D eigenvalue weighted by Crippen LogP contribution is 2.27. The van der Waals surface area contributed by atoms with E-state index in [9.17, 15) is 9.59 Å². The minimum absolute atomic E-state index is 0.123. The smallest absolute Gasteiger partial charge is 0.326 e. The summed E-state index contributed by atoms with van der Waals surface area (Å²) in [5.41, 5.74) is 2.79. The maximum atomic E-state index is 12.2. The lowest BCUT2D eigenvalue weighted by atomic mass is 10.0. The molecule has 0 aliphatic rings. The minimum Gasteiger partial charge on any atom is -0.460 e. The Kier molecular flexibility index (Phi) is 7.67. The molecule has 0 saturated heterocycles. The number of nitrogens with zero attached hydrogens (tertiary/aromatic N) is 1. The predicted molar refractivity (Wildman–Crippen MR) is 89.4 cm³/mol. The second kappa shape index (κ2) is 9.26. The lowest BCUT2D eigenvalue weighted by Gasteiger charge is -2.26. The van der Waals surface area contributed by atoms with Gasteiger partial charge in [-0.15, -0.1) is 11.6 Å². The fourth-order valence-corrected chi connectivity index (χ4v) is 2.40. The number of anilines is 1. The van der Waals surface area contributed by atoms with Crippen molar-refractivity contribution in [2.24, 2.45) is 0 Å². The third kappa shape index (κ3) is 4.60. The second-order valence-electron chi connectivity index (χ2n) is 4.72. The van der Waals surface area contributed by atoms with Crippen LogP contribution in [0.25, 0.3) is 0 Å². The Morgan fingerprint density at radius 3 is 2.32 bits per heavy atom. The quantitative estimate of drug-likeness (QED) is 0.419. The van der Waals surface area contributed by atoms with Crippen LogP contribution < -0.4 is 4.90 Å². The molecule has 1 aromatic carbocycles. The van der Waals surface area contributed by atoms with Crippen LogP contribution in [0.1, 0.15) is 25.0 Å². The number of hydrogen-bond acceptors (Lipinski definition) is 3. The zero-order valence-electron chi connectivity index (χ0n) is 13.1. The molecule has 1 amide bonds. The van der Waals surface area contributed by atoms with Crippen molar-refractivity contribution in [2.75, 3.05) is 23.9 Å². The van der Waals surface area contributed by atoms with E-state index in [4.69, 9.17) is 16.3 Å². The maximum Gasteiger partial charge on any atom is 0.326 e. The molecule has 0 atom stereocenters. The van der Waals surface area contributed by atoms with E-state index in [1.165, 1.54) is 11.0 Å². The molecule has 0 fully saturated rings. The second-order valence-corrected chi connectivity index (χ2v) is 4.98. The fraction of sp³-hybridized carbons (Fsp3) is 0.412. The molecule has 0 radical (unpaired) electrons. The summed E-state index contributed by atoms with van der Waals surface area (Å²) in [5, 5.41) is 0. The zero-order valence-corrected chi connectivity index (χ0v) is 13.9. The monoisotopic (exact) mass is 323 g/mol. The summed E-state index contributed by atoms with van der Waals surface area (Å²) in [7, 11) is 0. The molecule has 1 rings (SSSR count). The minimum atomic E-state index is -0.480. The van der Waals surface area contributed by atoms with E-state index in [2.05, 4.69) is 6.58 Å². The molecule has 0 bridgehead atoms. The van der Waals surface area contributed by atoms with Crippen molar-refractivity contribution in [3.8, 4) is 0 Å². The van der Waals surface area contributed by atoms with Crippen LogP contribution in [0.3, 0.4) is 0 Å². The first-order valence-electron chi connectivity index (χ1n) is 7.32. The first kappa shape index (κ1) is 18.2. The van der Waals surface area contributed by atoms with E-state index in [-0.39, 0.29) is 24.9 Å². The molecule has 0 aliphatic heterocycles. The highest BCUT2D eigenvalue weighted by molar-refractivity contribution is 6.29. The predicted octanol–water partition coefficient (Wildman–Crippen LogP) is 3.11. The molecule has 0 N–H and O–H groups in total. The molecule has 22 heavy (non-hydrogen) atoms. The van der Waals surface area contributed by atoms with Gasteiger partial charge in [0.1, 0.15) is 19.0 Å². The van der Waals surface area contributed by atoms with Gasteiger partial charge in [0.25, 0.3) is 0 Å². The Morgan fingerprint density at radius 1 is 1.27 bits per heavy atom. The van der Waals surface area contributed by atoms with Gasteiger partial charge in [-0.05, 0) is 24.0 Å². The van der Waals surface area contributed by atoms with E-state index in [0.29, 0.717) is 0 Å². The van der Waals surface area contributed by atoms with E-state index < -0.39 is 5.97 Å². The number of hydrogen-bond donors (Lipinski definition) is 0. The molecule has 0 unspecified atom stereocenters. The van der Waals surface area contributed by atoms with Crippen molar-refractivity contribution in [1.82, 2.24) is 0 Å². The molecule has 0 aliphatic carbocycles. The third-order valence-corrected chi connectivity index (χ3v) is 3.53. The number of carbonyl (C=O) groups is 2. The number of carbonyl (C=O) groups excluding carboxylic acids is 2. The summed E-state index contributed by atoms with van der Waals surface area (Å²) in [6, 6.07) is 5.87. The van der Waals surface area contributed by atoms with E-state index in [1.807, 2.05) is 32.0 Å². The third-order valence-electron chi connectivity index (χ3n) is 3.30. The van der Waals surface area contributed by atoms with E-state index in [0.717, 1.165) is 29.7 Å². The Bertz CT molecular complexity index is 520. The van der Waals surface area contributed by atoms with Gasteiger partial charge in [-0.1, -0.05) is 44.7 Å². The van der Waals surface area contributed by atoms with Crippen molar-refractivity contribution in [3.05, 3.63) is 42.0 Å². The molecular weight excluding hydrogens is 302 g/mol. The number of rotatable bonds is 8. The highest BCUT2D eigenvalue weighted by Gasteiger charge is 2.23. The standard InChI is InChI=1S/C17H22ClNO3/c1-4-10-22-16(21)12-19(15(20)11-18)17-13(5-2)8-7-9-14(17)6-3/h4,7-9H,1,5-6,10-12H2,2-3H3. The summed E-state index contributed by atoms with van der Waals surface area (Å²) in [6.45, 7) is 7.49. The van der Waals surface area contributed by atoms with Crippen LogP contribution in [-0.2, 0) is 27.2 Å². The van der Waals surface area contributed by atoms with Gasteiger partial charge < -0.3 is 4.74 Å². The van der Waals surface area contributed by atoms with Gasteiger partial charge in [0.2, 0.25) is 5.91 Å². The number of halogens is 1. The average Bonchev–Trinajstić information content (AvgIpc) is 2.56. The number of alkyl halides is 1. The number of amides is 1. The Morgan fingerprint density at radius 2 is 1.86 bits per heavy atom. The summed E-state index contributed by atoms with van der Waals surface area (Å²) in [6.07, 6.45) is 3.01. The molecule has 1 aromatic rings. The van der Waals surface area contributed by atoms with Gasteiger partial charge in [0.05, 0.1) is 5.69 Å². The van der Waals surface area contributed by atoms with Crippen LogP contribution in [0, 0.1) is 0 Å². The van der Waals surface area contributed by atoms with Crippen LogP contribution in [0.15, 0.2) is 30.9 Å². The number of benzene rings is 1. The lowest BCUT2D eigenvalue weighted by molar-refractivity contribution is -0.141. The van der Waals surface area contributed by atoms with Crippen molar-refractivity contribution >= 4 is 29.2 Å². The molecule has 4 nitrogen and oxygen atoms in total. The lowest BCUT2D eigenvalue weighted by Crippen LogP contribution is -2.38. The molecule has 120 valence electrons. The summed E-state index contributed by atoms with van der Waals surface area (Å²) in [4.78, 5) is 25.5. The zero-order chi connectivity index (χ0) is 16.5. The van der Waals surface area contributed by atoms with Crippen LogP contribution in [0.5, 0.6) is 0 Å². The molecule has 0 heterocycles. The van der Waals surface area contributed by atoms with E-state index in [1.54, 1.807) is 0 Å². The van der Waals surface area contributed by atoms with Crippen LogP contribution >= 0.6 is 11.6 Å². The molecule has 0 saturated carbocycles. The topological polar surface area (TPSA) is 46.6 Å². The largest absolute Gasteiger partial charge is 0.460 e. The molecule has 5 heteroatoms. The molecular formula is C17H22ClNO3. The number of aryl methyl sites for hydroxylation is 2. The van der Waals surface area contributed by atoms with Gasteiger partial charge >= 0.3 is 5.97 Å². The van der Waals surface area contributed by atoms with Gasteiger partial charge in [0.15, 0.2) is 0 Å². The summed E-state index contributed by atoms with van der Waals surface area (Å²) < 4.78 is 4.99. The highest BCUT2D eigenvalue weighted by atomic mass is 35.5. The number of esters is 1. The molecule has 0 aromatic heterocycles. The first-order valence-corrected chi connectivity index (χ1v) is 7.86. The Labute approximate surface area is 136 Å².